The SMILES string of the molecule is CC(C)N(CCC(=O)O)C(=O)c1cccc(OCC(F)(F)F)n1. The van der Waals surface area contributed by atoms with Crippen LogP contribution in [0.4, 0.5) is 13.2 Å². The van der Waals surface area contributed by atoms with Gasteiger partial charge in [0.15, 0.2) is 6.61 Å². The van der Waals surface area contributed by atoms with Gasteiger partial charge in [-0.15, -0.1) is 0 Å². The highest BCUT2D eigenvalue weighted by Gasteiger charge is 2.29. The minimum Gasteiger partial charge on any atom is -0.481 e. The summed E-state index contributed by atoms with van der Waals surface area (Å²) in [5.41, 5.74) is -0.108. The number of carbonyl (C=O) groups is 2. The van der Waals surface area contributed by atoms with Crippen LogP contribution in [0.3, 0.4) is 0 Å². The molecule has 0 aromatic carbocycles. The summed E-state index contributed by atoms with van der Waals surface area (Å²) < 4.78 is 40.9. The molecule has 128 valence electrons. The van der Waals surface area contributed by atoms with E-state index < -0.39 is 24.7 Å². The summed E-state index contributed by atoms with van der Waals surface area (Å²) >= 11 is 0. The van der Waals surface area contributed by atoms with Crippen molar-refractivity contribution in [3.63, 3.8) is 0 Å². The van der Waals surface area contributed by atoms with Gasteiger partial charge >= 0.3 is 12.1 Å². The van der Waals surface area contributed by atoms with Crippen LogP contribution < -0.4 is 4.74 Å². The second-order valence-electron chi connectivity index (χ2n) is 5.00. The smallest absolute Gasteiger partial charge is 0.422 e. The van der Waals surface area contributed by atoms with Crippen LogP contribution in [-0.2, 0) is 4.79 Å². The highest BCUT2D eigenvalue weighted by atomic mass is 19.4. The number of pyridine rings is 1. The van der Waals surface area contributed by atoms with E-state index in [2.05, 4.69) is 9.72 Å². The summed E-state index contributed by atoms with van der Waals surface area (Å²) in [5, 5.41) is 8.71. The van der Waals surface area contributed by atoms with Gasteiger partial charge in [0.25, 0.3) is 5.91 Å². The van der Waals surface area contributed by atoms with Crippen molar-refractivity contribution < 1.29 is 32.6 Å². The third-order valence-corrected chi connectivity index (χ3v) is 2.78. The summed E-state index contributed by atoms with van der Waals surface area (Å²) in [6.07, 6.45) is -4.75. The third-order valence-electron chi connectivity index (χ3n) is 2.78. The van der Waals surface area contributed by atoms with Crippen molar-refractivity contribution in [3.8, 4) is 5.88 Å². The lowest BCUT2D eigenvalue weighted by atomic mass is 10.2. The molecule has 0 fully saturated rings. The first kappa shape index (κ1) is 18.7. The van der Waals surface area contributed by atoms with Crippen molar-refractivity contribution in [1.82, 2.24) is 9.88 Å². The highest BCUT2D eigenvalue weighted by molar-refractivity contribution is 5.92. The zero-order valence-electron chi connectivity index (χ0n) is 12.6. The lowest BCUT2D eigenvalue weighted by Crippen LogP contribution is -2.39. The molecule has 1 aromatic rings. The topological polar surface area (TPSA) is 79.7 Å². The molecule has 0 radical (unpaired) electrons. The molecule has 0 saturated heterocycles. The third kappa shape index (κ3) is 6.54. The normalized spacial score (nSPS) is 11.4. The molecule has 9 heteroatoms. The number of aromatic nitrogens is 1. The Bertz CT molecular complexity index is 561. The second kappa shape index (κ2) is 7.80. The minimum absolute atomic E-state index is 0.0266. The number of hydrogen-bond donors (Lipinski definition) is 1. The molecule has 0 atom stereocenters. The quantitative estimate of drug-likeness (QED) is 0.828. The van der Waals surface area contributed by atoms with E-state index in [-0.39, 0.29) is 30.6 Å². The van der Waals surface area contributed by atoms with Crippen LogP contribution in [-0.4, -0.2) is 52.2 Å². The molecule has 1 amide bonds. The van der Waals surface area contributed by atoms with Gasteiger partial charge in [0.2, 0.25) is 5.88 Å². The number of halogens is 3. The van der Waals surface area contributed by atoms with Gasteiger partial charge in [-0.3, -0.25) is 9.59 Å². The van der Waals surface area contributed by atoms with Crippen LogP contribution in [0.15, 0.2) is 18.2 Å². The molecule has 0 aliphatic heterocycles. The Kier molecular flexibility index (Phi) is 6.35. The molecule has 0 aliphatic carbocycles. The fourth-order valence-electron chi connectivity index (χ4n) is 1.73. The van der Waals surface area contributed by atoms with Crippen molar-refractivity contribution in [2.24, 2.45) is 0 Å². The van der Waals surface area contributed by atoms with Gasteiger partial charge < -0.3 is 14.7 Å². The fourth-order valence-corrected chi connectivity index (χ4v) is 1.73. The second-order valence-corrected chi connectivity index (χ2v) is 5.00. The largest absolute Gasteiger partial charge is 0.481 e. The maximum atomic E-state index is 12.3. The summed E-state index contributed by atoms with van der Waals surface area (Å²) in [6.45, 7) is 1.86. The minimum atomic E-state index is -4.51. The first-order valence-electron chi connectivity index (χ1n) is 6.79. The average Bonchev–Trinajstić information content (AvgIpc) is 2.44. The molecule has 0 spiro atoms. The van der Waals surface area contributed by atoms with Crippen molar-refractivity contribution in [1.29, 1.82) is 0 Å². The number of aliphatic carboxylic acids is 1. The monoisotopic (exact) mass is 334 g/mol. The van der Waals surface area contributed by atoms with E-state index in [1.165, 1.54) is 23.1 Å². The Labute approximate surface area is 130 Å². The number of carboxylic acids is 1. The molecule has 1 heterocycles. The Morgan fingerprint density at radius 2 is 2.00 bits per heavy atom. The number of alkyl halides is 3. The van der Waals surface area contributed by atoms with E-state index in [0.717, 1.165) is 0 Å². The van der Waals surface area contributed by atoms with E-state index in [4.69, 9.17) is 5.11 Å². The van der Waals surface area contributed by atoms with Crippen molar-refractivity contribution >= 4 is 11.9 Å². The molecule has 1 aromatic heterocycles. The molecule has 6 nitrogen and oxygen atoms in total. The molecule has 1 N–H and O–H groups in total. The van der Waals surface area contributed by atoms with Gasteiger partial charge in [-0.25, -0.2) is 4.98 Å². The predicted molar refractivity (Wildman–Crippen MR) is 74.2 cm³/mol. The molecular formula is C14H17F3N2O4. The van der Waals surface area contributed by atoms with Crippen molar-refractivity contribution in [3.05, 3.63) is 23.9 Å². The van der Waals surface area contributed by atoms with E-state index in [9.17, 15) is 22.8 Å². The highest BCUT2D eigenvalue weighted by Crippen LogP contribution is 2.18. The first-order valence-corrected chi connectivity index (χ1v) is 6.79. The fraction of sp³-hybridized carbons (Fsp3) is 0.500. The van der Waals surface area contributed by atoms with E-state index in [0.29, 0.717) is 0 Å². The van der Waals surface area contributed by atoms with E-state index >= 15 is 0 Å². The number of carboxylic acid groups (broad SMARTS) is 1. The summed E-state index contributed by atoms with van der Waals surface area (Å²) in [6, 6.07) is 3.60. The number of nitrogens with zero attached hydrogens (tertiary/aromatic N) is 2. The van der Waals surface area contributed by atoms with Crippen molar-refractivity contribution in [2.45, 2.75) is 32.5 Å². The Hall–Kier alpha value is -2.32. The number of ether oxygens (including phenoxy) is 1. The summed E-state index contributed by atoms with van der Waals surface area (Å²) in [4.78, 5) is 28.0. The standard InChI is InChI=1S/C14H17F3N2O4/c1-9(2)19(7-6-12(20)21)13(22)10-4-3-5-11(18-10)23-8-14(15,16)17/h3-5,9H,6-8H2,1-2H3,(H,20,21). The van der Waals surface area contributed by atoms with Gasteiger partial charge in [0, 0.05) is 18.7 Å². The zero-order valence-corrected chi connectivity index (χ0v) is 12.6. The molecular weight excluding hydrogens is 317 g/mol. The van der Waals surface area contributed by atoms with Crippen LogP contribution in [0.25, 0.3) is 0 Å². The van der Waals surface area contributed by atoms with Crippen LogP contribution >= 0.6 is 0 Å². The maximum Gasteiger partial charge on any atom is 0.422 e. The molecule has 0 bridgehead atoms. The summed E-state index contributed by atoms with van der Waals surface area (Å²) in [5.74, 6) is -1.95. The van der Waals surface area contributed by atoms with Gasteiger partial charge in [-0.05, 0) is 19.9 Å². The maximum absolute atomic E-state index is 12.3. The number of rotatable bonds is 7. The molecule has 0 saturated carbocycles. The van der Waals surface area contributed by atoms with Crippen molar-refractivity contribution in [2.75, 3.05) is 13.2 Å². The Morgan fingerprint density at radius 1 is 1.35 bits per heavy atom. The number of hydrogen-bond acceptors (Lipinski definition) is 4. The number of amides is 1. The van der Waals surface area contributed by atoms with Crippen LogP contribution in [0.5, 0.6) is 5.88 Å². The number of carbonyl (C=O) groups excluding carboxylic acids is 1. The van der Waals surface area contributed by atoms with Gasteiger partial charge in [-0.1, -0.05) is 6.07 Å². The molecule has 0 unspecified atom stereocenters. The van der Waals surface area contributed by atoms with Gasteiger partial charge in [-0.2, -0.15) is 13.2 Å². The lowest BCUT2D eigenvalue weighted by Gasteiger charge is -2.25. The first-order chi connectivity index (χ1) is 10.6. The molecule has 23 heavy (non-hydrogen) atoms. The molecule has 1 rings (SSSR count). The van der Waals surface area contributed by atoms with E-state index in [1.807, 2.05) is 0 Å². The molecule has 0 aliphatic rings. The Balaban J connectivity index is 2.86. The zero-order chi connectivity index (χ0) is 17.6. The summed E-state index contributed by atoms with van der Waals surface area (Å²) in [7, 11) is 0. The average molecular weight is 334 g/mol. The van der Waals surface area contributed by atoms with Gasteiger partial charge in [0.05, 0.1) is 6.42 Å². The van der Waals surface area contributed by atoms with Crippen LogP contribution in [0.2, 0.25) is 0 Å². The Morgan fingerprint density at radius 3 is 2.52 bits per heavy atom. The van der Waals surface area contributed by atoms with Gasteiger partial charge in [0.1, 0.15) is 5.69 Å². The van der Waals surface area contributed by atoms with Crippen LogP contribution in [0.1, 0.15) is 30.8 Å². The predicted octanol–water partition coefficient (Wildman–Crippen LogP) is 2.35. The van der Waals surface area contributed by atoms with E-state index in [1.54, 1.807) is 13.8 Å². The lowest BCUT2D eigenvalue weighted by molar-refractivity contribution is -0.154. The van der Waals surface area contributed by atoms with Crippen LogP contribution in [0, 0.1) is 0 Å².